The molecule has 1 aliphatic carbocycles. The molecule has 2 heterocycles. The van der Waals surface area contributed by atoms with Gasteiger partial charge < -0.3 is 5.11 Å². The van der Waals surface area contributed by atoms with E-state index in [0.717, 1.165) is 49.3 Å². The number of piperidine rings is 1. The summed E-state index contributed by atoms with van der Waals surface area (Å²) in [4.78, 5) is 7.00. The Hall–Kier alpha value is -1.13. The Kier molecular flexibility index (Phi) is 5.00. The summed E-state index contributed by atoms with van der Waals surface area (Å²) < 4.78 is 0. The number of hydrogen-bond donors (Lipinski definition) is 1. The van der Waals surface area contributed by atoms with Gasteiger partial charge in [-0.1, -0.05) is 47.8 Å². The predicted molar refractivity (Wildman–Crippen MR) is 105 cm³/mol. The van der Waals surface area contributed by atoms with Crippen molar-refractivity contribution < 1.29 is 5.11 Å². The lowest BCUT2D eigenvalue weighted by atomic mass is 9.64. The summed E-state index contributed by atoms with van der Waals surface area (Å²) in [6, 6.07) is 9.85. The number of hydrogen-bond acceptors (Lipinski definition) is 3. The zero-order valence-electron chi connectivity index (χ0n) is 15.0. The first-order valence-corrected chi connectivity index (χ1v) is 10.0. The molecule has 0 spiro atoms. The SMILES string of the molecule is Cc1ccc(C2(O)C3CCCC2CN(Cc2cccc(Cl)c2Cl)C3)nc1. The Morgan fingerprint density at radius 3 is 2.54 bits per heavy atom. The van der Waals surface area contributed by atoms with Crippen molar-refractivity contribution in [3.8, 4) is 0 Å². The van der Waals surface area contributed by atoms with Crippen LogP contribution in [-0.2, 0) is 12.1 Å². The number of aromatic nitrogens is 1. The van der Waals surface area contributed by atoms with Crippen molar-refractivity contribution in [2.75, 3.05) is 13.1 Å². The van der Waals surface area contributed by atoms with Gasteiger partial charge in [-0.15, -0.1) is 0 Å². The van der Waals surface area contributed by atoms with Gasteiger partial charge in [0.2, 0.25) is 0 Å². The number of likely N-dealkylation sites (tertiary alicyclic amines) is 1. The second kappa shape index (κ2) is 7.12. The Morgan fingerprint density at radius 2 is 1.88 bits per heavy atom. The number of nitrogens with zero attached hydrogens (tertiary/aromatic N) is 2. The molecule has 3 nitrogen and oxygen atoms in total. The van der Waals surface area contributed by atoms with Gasteiger partial charge >= 0.3 is 0 Å². The van der Waals surface area contributed by atoms with Crippen LogP contribution in [-0.4, -0.2) is 28.1 Å². The van der Waals surface area contributed by atoms with Gasteiger partial charge in [-0.3, -0.25) is 9.88 Å². The van der Waals surface area contributed by atoms with Crippen LogP contribution >= 0.6 is 23.2 Å². The Bertz CT molecular complexity index is 779. The van der Waals surface area contributed by atoms with Gasteiger partial charge in [-0.2, -0.15) is 0 Å². The smallest absolute Gasteiger partial charge is 0.114 e. The molecule has 2 aromatic rings. The van der Waals surface area contributed by atoms with Crippen LogP contribution in [0.4, 0.5) is 0 Å². The first kappa shape index (κ1) is 18.2. The van der Waals surface area contributed by atoms with Crippen LogP contribution < -0.4 is 0 Å². The van der Waals surface area contributed by atoms with Crippen molar-refractivity contribution in [1.29, 1.82) is 0 Å². The molecule has 2 atom stereocenters. The monoisotopic (exact) mass is 390 g/mol. The molecular weight excluding hydrogens is 367 g/mol. The summed E-state index contributed by atoms with van der Waals surface area (Å²) in [5.41, 5.74) is 2.19. The van der Waals surface area contributed by atoms with Gasteiger partial charge in [0, 0.05) is 37.7 Å². The van der Waals surface area contributed by atoms with Gasteiger partial charge in [-0.25, -0.2) is 0 Å². The average Bonchev–Trinajstić information content (AvgIpc) is 2.60. The van der Waals surface area contributed by atoms with Crippen LogP contribution in [0.3, 0.4) is 0 Å². The fraction of sp³-hybridized carbons (Fsp3) is 0.476. The molecule has 138 valence electrons. The minimum Gasteiger partial charge on any atom is -0.383 e. The molecular formula is C21H24Cl2N2O. The van der Waals surface area contributed by atoms with E-state index in [1.54, 1.807) is 0 Å². The zero-order valence-corrected chi connectivity index (χ0v) is 16.5. The van der Waals surface area contributed by atoms with Crippen LogP contribution in [0.15, 0.2) is 36.5 Å². The maximum Gasteiger partial charge on any atom is 0.114 e. The van der Waals surface area contributed by atoms with Crippen molar-refractivity contribution >= 4 is 23.2 Å². The summed E-state index contributed by atoms with van der Waals surface area (Å²) in [6.45, 7) is 4.50. The molecule has 0 amide bonds. The second-order valence-electron chi connectivity index (χ2n) is 7.78. The van der Waals surface area contributed by atoms with Gasteiger partial charge in [0.05, 0.1) is 15.7 Å². The standard InChI is InChI=1S/C21H24Cl2N2O/c1-14-8-9-19(24-10-14)21(26)16-5-3-6-17(21)13-25(12-16)11-15-4-2-7-18(22)20(15)23/h2,4,7-10,16-17,26H,3,5-6,11-13H2,1H3. The average molecular weight is 391 g/mol. The summed E-state index contributed by atoms with van der Waals surface area (Å²) >= 11 is 12.5. The summed E-state index contributed by atoms with van der Waals surface area (Å²) in [5, 5.41) is 12.9. The third-order valence-corrected chi connectivity index (χ3v) is 6.91. The molecule has 1 N–H and O–H groups in total. The highest BCUT2D eigenvalue weighted by Crippen LogP contribution is 2.49. The maximum atomic E-state index is 11.7. The molecule has 1 aliphatic heterocycles. The van der Waals surface area contributed by atoms with Crippen molar-refractivity contribution in [3.63, 3.8) is 0 Å². The molecule has 4 rings (SSSR count). The van der Waals surface area contributed by atoms with E-state index in [-0.39, 0.29) is 11.8 Å². The maximum absolute atomic E-state index is 11.7. The fourth-order valence-corrected chi connectivity index (χ4v) is 5.09. The van der Waals surface area contributed by atoms with Gasteiger partial charge in [-0.05, 0) is 43.0 Å². The zero-order chi connectivity index (χ0) is 18.3. The highest BCUT2D eigenvalue weighted by Gasteiger charge is 2.52. The molecule has 2 unspecified atom stereocenters. The van der Waals surface area contributed by atoms with Crippen molar-refractivity contribution in [2.45, 2.75) is 38.3 Å². The normalized spacial score (nSPS) is 28.9. The van der Waals surface area contributed by atoms with Crippen LogP contribution in [0, 0.1) is 18.8 Å². The molecule has 1 aromatic carbocycles. The number of fused-ring (bicyclic) bond motifs is 2. The summed E-state index contributed by atoms with van der Waals surface area (Å²) in [6.07, 6.45) is 5.10. The molecule has 2 fully saturated rings. The lowest BCUT2D eigenvalue weighted by molar-refractivity contribution is -0.151. The van der Waals surface area contributed by atoms with Gasteiger partial charge in [0.15, 0.2) is 0 Å². The molecule has 1 aromatic heterocycles. The number of benzene rings is 1. The first-order valence-electron chi connectivity index (χ1n) is 9.29. The lowest BCUT2D eigenvalue weighted by Gasteiger charge is -2.52. The second-order valence-corrected chi connectivity index (χ2v) is 8.56. The van der Waals surface area contributed by atoms with E-state index in [0.29, 0.717) is 10.0 Å². The highest BCUT2D eigenvalue weighted by atomic mass is 35.5. The van der Waals surface area contributed by atoms with Crippen molar-refractivity contribution in [1.82, 2.24) is 9.88 Å². The van der Waals surface area contributed by atoms with E-state index in [1.165, 1.54) is 6.42 Å². The topological polar surface area (TPSA) is 36.4 Å². The molecule has 26 heavy (non-hydrogen) atoms. The predicted octanol–water partition coefficient (Wildman–Crippen LogP) is 4.82. The summed E-state index contributed by atoms with van der Waals surface area (Å²) in [5.74, 6) is 0.395. The van der Waals surface area contributed by atoms with Crippen LogP contribution in [0.25, 0.3) is 0 Å². The van der Waals surface area contributed by atoms with Gasteiger partial charge in [0.25, 0.3) is 0 Å². The van der Waals surface area contributed by atoms with E-state index in [9.17, 15) is 5.11 Å². The van der Waals surface area contributed by atoms with Gasteiger partial charge in [0.1, 0.15) is 5.60 Å². The third-order valence-electron chi connectivity index (χ3n) is 6.05. The Morgan fingerprint density at radius 1 is 1.15 bits per heavy atom. The number of aliphatic hydroxyl groups is 1. The minimum atomic E-state index is -0.819. The largest absolute Gasteiger partial charge is 0.383 e. The van der Waals surface area contributed by atoms with E-state index >= 15 is 0 Å². The Labute approximate surface area is 165 Å². The van der Waals surface area contributed by atoms with Crippen LogP contribution in [0.5, 0.6) is 0 Å². The first-order chi connectivity index (χ1) is 12.5. The fourth-order valence-electron chi connectivity index (χ4n) is 4.71. The molecule has 1 saturated heterocycles. The summed E-state index contributed by atoms with van der Waals surface area (Å²) in [7, 11) is 0. The number of halogens is 2. The van der Waals surface area contributed by atoms with E-state index < -0.39 is 5.60 Å². The Balaban J connectivity index is 1.58. The molecule has 1 saturated carbocycles. The molecule has 0 radical (unpaired) electrons. The van der Waals surface area contributed by atoms with E-state index in [2.05, 4.69) is 9.88 Å². The lowest BCUT2D eigenvalue weighted by Crippen LogP contribution is -2.58. The molecule has 2 aliphatic rings. The molecule has 5 heteroatoms. The highest BCUT2D eigenvalue weighted by molar-refractivity contribution is 6.42. The quantitative estimate of drug-likeness (QED) is 0.815. The minimum absolute atomic E-state index is 0.197. The van der Waals surface area contributed by atoms with Crippen LogP contribution in [0.2, 0.25) is 10.0 Å². The number of rotatable bonds is 3. The number of aryl methyl sites for hydroxylation is 1. The van der Waals surface area contributed by atoms with E-state index in [4.69, 9.17) is 23.2 Å². The van der Waals surface area contributed by atoms with Crippen LogP contribution in [0.1, 0.15) is 36.1 Å². The van der Waals surface area contributed by atoms with Crippen molar-refractivity contribution in [3.05, 3.63) is 63.4 Å². The third kappa shape index (κ3) is 3.16. The van der Waals surface area contributed by atoms with Crippen molar-refractivity contribution in [2.24, 2.45) is 11.8 Å². The number of pyridine rings is 1. The van der Waals surface area contributed by atoms with E-state index in [1.807, 2.05) is 43.5 Å². The molecule has 2 bridgehead atoms.